The van der Waals surface area contributed by atoms with Crippen LogP contribution in [0.5, 0.6) is 0 Å². The van der Waals surface area contributed by atoms with E-state index in [-0.39, 0.29) is 11.7 Å². The van der Waals surface area contributed by atoms with Crippen molar-refractivity contribution in [2.24, 2.45) is 0 Å². The van der Waals surface area contributed by atoms with Gasteiger partial charge in [-0.25, -0.2) is 4.39 Å². The Hall–Kier alpha value is -2.08. The lowest BCUT2D eigenvalue weighted by molar-refractivity contribution is -0.111. The third-order valence-corrected chi connectivity index (χ3v) is 2.81. The number of aromatic nitrogens is 2. The molecule has 1 aromatic carbocycles. The van der Waals surface area contributed by atoms with E-state index < -0.39 is 0 Å². The number of anilines is 1. The Morgan fingerprint density at radius 3 is 2.67 bits per heavy atom. The van der Waals surface area contributed by atoms with Crippen LogP contribution in [-0.2, 0) is 4.79 Å². The zero-order valence-corrected chi connectivity index (χ0v) is 10.4. The molecule has 0 aliphatic carbocycles. The van der Waals surface area contributed by atoms with Crippen LogP contribution in [0, 0.1) is 12.7 Å². The van der Waals surface area contributed by atoms with Crippen molar-refractivity contribution in [3.63, 3.8) is 0 Å². The molecule has 0 fully saturated rings. The second-order valence-corrected chi connectivity index (χ2v) is 4.68. The predicted octanol–water partition coefficient (Wildman–Crippen LogP) is 2.64. The summed E-state index contributed by atoms with van der Waals surface area (Å²) in [5.41, 5.74) is 0.750. The fraction of sp³-hybridized carbons (Fsp3) is 0.0833. The van der Waals surface area contributed by atoms with Crippen molar-refractivity contribution in [3.8, 4) is 0 Å². The van der Waals surface area contributed by atoms with Crippen LogP contribution in [0.2, 0.25) is 0 Å². The van der Waals surface area contributed by atoms with E-state index in [1.165, 1.54) is 29.5 Å². The van der Waals surface area contributed by atoms with E-state index in [1.54, 1.807) is 18.2 Å². The lowest BCUT2D eigenvalue weighted by atomic mass is 10.2. The Kier molecular flexibility index (Phi) is 3.78. The highest BCUT2D eigenvalue weighted by Crippen LogP contribution is 2.13. The molecular weight excluding hydrogens is 253 g/mol. The lowest BCUT2D eigenvalue weighted by Gasteiger charge is -1.95. The van der Waals surface area contributed by atoms with Crippen LogP contribution in [0.1, 0.15) is 10.6 Å². The first-order valence-corrected chi connectivity index (χ1v) is 6.00. The van der Waals surface area contributed by atoms with Crippen LogP contribution >= 0.6 is 11.3 Å². The number of amides is 1. The molecule has 0 spiro atoms. The summed E-state index contributed by atoms with van der Waals surface area (Å²) < 4.78 is 12.7. The van der Waals surface area contributed by atoms with Crippen molar-refractivity contribution in [2.45, 2.75) is 6.92 Å². The van der Waals surface area contributed by atoms with Crippen LogP contribution in [0.3, 0.4) is 0 Å². The van der Waals surface area contributed by atoms with Crippen molar-refractivity contribution in [3.05, 3.63) is 46.7 Å². The maximum atomic E-state index is 12.7. The van der Waals surface area contributed by atoms with Gasteiger partial charge in [0.15, 0.2) is 0 Å². The van der Waals surface area contributed by atoms with Crippen LogP contribution in [0.25, 0.3) is 6.08 Å². The Morgan fingerprint density at radius 2 is 2.06 bits per heavy atom. The normalized spacial score (nSPS) is 10.8. The monoisotopic (exact) mass is 263 g/mol. The van der Waals surface area contributed by atoms with Crippen molar-refractivity contribution in [2.75, 3.05) is 5.32 Å². The second kappa shape index (κ2) is 5.50. The van der Waals surface area contributed by atoms with Gasteiger partial charge in [0, 0.05) is 6.08 Å². The van der Waals surface area contributed by atoms with Gasteiger partial charge >= 0.3 is 0 Å². The van der Waals surface area contributed by atoms with Crippen LogP contribution in [0.15, 0.2) is 30.3 Å². The first kappa shape index (κ1) is 12.4. The van der Waals surface area contributed by atoms with Gasteiger partial charge in [0.25, 0.3) is 0 Å². The summed E-state index contributed by atoms with van der Waals surface area (Å²) in [6.45, 7) is 1.81. The standard InChI is InChI=1S/C12H10FN3OS/c1-8-15-16-12(18-8)14-11(17)7-4-9-2-5-10(13)6-3-9/h2-7H,1H3,(H,14,16,17)/b7-4+. The molecule has 2 rings (SSSR count). The lowest BCUT2D eigenvalue weighted by Crippen LogP contribution is -2.07. The first-order valence-electron chi connectivity index (χ1n) is 5.18. The van der Waals surface area contributed by atoms with Crippen molar-refractivity contribution in [1.82, 2.24) is 10.2 Å². The summed E-state index contributed by atoms with van der Waals surface area (Å²) in [6.07, 6.45) is 2.96. The Labute approximate surface area is 107 Å². The van der Waals surface area contributed by atoms with Crippen molar-refractivity contribution >= 4 is 28.5 Å². The van der Waals surface area contributed by atoms with E-state index in [1.807, 2.05) is 6.92 Å². The van der Waals surface area contributed by atoms with Gasteiger partial charge in [0.2, 0.25) is 11.0 Å². The summed E-state index contributed by atoms with van der Waals surface area (Å²) in [6, 6.07) is 5.86. The van der Waals surface area contributed by atoms with Gasteiger partial charge in [-0.1, -0.05) is 23.5 Å². The SMILES string of the molecule is Cc1nnc(NC(=O)/C=C/c2ccc(F)cc2)s1. The van der Waals surface area contributed by atoms with Gasteiger partial charge in [-0.05, 0) is 30.7 Å². The van der Waals surface area contributed by atoms with Gasteiger partial charge in [0.1, 0.15) is 10.8 Å². The average molecular weight is 263 g/mol. The molecule has 18 heavy (non-hydrogen) atoms. The molecule has 0 saturated carbocycles. The fourth-order valence-electron chi connectivity index (χ4n) is 1.24. The van der Waals surface area contributed by atoms with E-state index in [4.69, 9.17) is 0 Å². The van der Waals surface area contributed by atoms with E-state index in [0.29, 0.717) is 5.13 Å². The van der Waals surface area contributed by atoms with Gasteiger partial charge < -0.3 is 0 Å². The number of carbonyl (C=O) groups is 1. The molecule has 0 unspecified atom stereocenters. The number of hydrogen-bond acceptors (Lipinski definition) is 4. The summed E-state index contributed by atoms with van der Waals surface area (Å²) in [4.78, 5) is 11.5. The largest absolute Gasteiger partial charge is 0.297 e. The molecule has 1 aromatic heterocycles. The minimum Gasteiger partial charge on any atom is -0.297 e. The quantitative estimate of drug-likeness (QED) is 0.866. The smallest absolute Gasteiger partial charge is 0.250 e. The minimum absolute atomic E-state index is 0.296. The summed E-state index contributed by atoms with van der Waals surface area (Å²) >= 11 is 1.30. The van der Waals surface area contributed by atoms with Crippen LogP contribution in [-0.4, -0.2) is 16.1 Å². The summed E-state index contributed by atoms with van der Waals surface area (Å²) in [5.74, 6) is -0.601. The Bertz CT molecular complexity index is 577. The number of aryl methyl sites for hydroxylation is 1. The number of nitrogens with zero attached hydrogens (tertiary/aromatic N) is 2. The molecule has 1 heterocycles. The maximum absolute atomic E-state index is 12.7. The number of carbonyl (C=O) groups excluding carboxylic acids is 1. The number of nitrogens with one attached hydrogen (secondary N) is 1. The third-order valence-electron chi connectivity index (χ3n) is 2.05. The number of hydrogen-bond donors (Lipinski definition) is 1. The van der Waals surface area contributed by atoms with E-state index in [9.17, 15) is 9.18 Å². The molecular formula is C12H10FN3OS. The van der Waals surface area contributed by atoms with Gasteiger partial charge in [-0.2, -0.15) is 0 Å². The van der Waals surface area contributed by atoms with Gasteiger partial charge in [0.05, 0.1) is 0 Å². The van der Waals surface area contributed by atoms with E-state index >= 15 is 0 Å². The molecule has 0 atom stereocenters. The summed E-state index contributed by atoms with van der Waals surface area (Å²) in [7, 11) is 0. The Balaban J connectivity index is 1.96. The molecule has 1 amide bonds. The maximum Gasteiger partial charge on any atom is 0.250 e. The number of rotatable bonds is 3. The highest BCUT2D eigenvalue weighted by Gasteiger charge is 2.02. The van der Waals surface area contributed by atoms with E-state index in [0.717, 1.165) is 10.6 Å². The molecule has 4 nitrogen and oxygen atoms in total. The van der Waals surface area contributed by atoms with Gasteiger partial charge in [-0.15, -0.1) is 10.2 Å². The average Bonchev–Trinajstić information content (AvgIpc) is 2.74. The minimum atomic E-state index is -0.305. The molecule has 0 aliphatic rings. The molecule has 0 saturated heterocycles. The molecule has 2 aromatic rings. The molecule has 1 N–H and O–H groups in total. The second-order valence-electron chi connectivity index (χ2n) is 3.50. The Morgan fingerprint density at radius 1 is 1.33 bits per heavy atom. The van der Waals surface area contributed by atoms with Crippen LogP contribution < -0.4 is 5.32 Å². The predicted molar refractivity (Wildman–Crippen MR) is 68.7 cm³/mol. The van der Waals surface area contributed by atoms with Crippen molar-refractivity contribution in [1.29, 1.82) is 0 Å². The van der Waals surface area contributed by atoms with Crippen LogP contribution in [0.4, 0.5) is 9.52 Å². The third kappa shape index (κ3) is 3.46. The topological polar surface area (TPSA) is 54.9 Å². The highest BCUT2D eigenvalue weighted by atomic mass is 32.1. The zero-order valence-electron chi connectivity index (χ0n) is 9.55. The fourth-order valence-corrected chi connectivity index (χ4v) is 1.83. The highest BCUT2D eigenvalue weighted by molar-refractivity contribution is 7.15. The molecule has 6 heteroatoms. The first-order chi connectivity index (χ1) is 8.63. The molecule has 0 bridgehead atoms. The number of benzene rings is 1. The van der Waals surface area contributed by atoms with E-state index in [2.05, 4.69) is 15.5 Å². The molecule has 0 aliphatic heterocycles. The summed E-state index contributed by atoms with van der Waals surface area (Å²) in [5, 5.41) is 11.4. The van der Waals surface area contributed by atoms with Crippen molar-refractivity contribution < 1.29 is 9.18 Å². The number of halogens is 1. The zero-order chi connectivity index (χ0) is 13.0. The molecule has 0 radical (unpaired) electrons. The molecule has 92 valence electrons. The van der Waals surface area contributed by atoms with Gasteiger partial charge in [-0.3, -0.25) is 10.1 Å².